The van der Waals surface area contributed by atoms with Crippen molar-refractivity contribution in [2.24, 2.45) is 5.92 Å². The van der Waals surface area contributed by atoms with Crippen LogP contribution in [0.1, 0.15) is 19.4 Å². The van der Waals surface area contributed by atoms with Gasteiger partial charge < -0.3 is 4.74 Å². The van der Waals surface area contributed by atoms with Gasteiger partial charge in [-0.25, -0.2) is 0 Å². The topological polar surface area (TPSA) is 60.0 Å². The number of nitrogens with zero attached hydrogens (tertiary/aromatic N) is 3. The quantitative estimate of drug-likeness (QED) is 0.729. The summed E-state index contributed by atoms with van der Waals surface area (Å²) in [4.78, 5) is 2.21. The van der Waals surface area contributed by atoms with Crippen molar-refractivity contribution < 1.29 is 4.74 Å². The van der Waals surface area contributed by atoms with Crippen molar-refractivity contribution in [3.63, 3.8) is 0 Å². The molecule has 1 atom stereocenters. The molecule has 0 amide bonds. The molecule has 0 heterocycles. The minimum absolute atomic E-state index is 0.0419. The van der Waals surface area contributed by atoms with Crippen molar-refractivity contribution in [3.8, 4) is 17.9 Å². The van der Waals surface area contributed by atoms with E-state index >= 15 is 0 Å². The lowest BCUT2D eigenvalue weighted by Crippen LogP contribution is -2.32. The summed E-state index contributed by atoms with van der Waals surface area (Å²) >= 11 is 0. The number of ether oxygens (including phenoxy) is 1. The number of nitriles is 2. The van der Waals surface area contributed by atoms with Crippen LogP contribution in [0.15, 0.2) is 24.3 Å². The molecule has 0 fully saturated rings. The molecule has 0 aliphatic rings. The molecule has 1 rings (SSSR count). The average Bonchev–Trinajstić information content (AvgIpc) is 2.48. The lowest BCUT2D eigenvalue weighted by Gasteiger charge is -2.21. The van der Waals surface area contributed by atoms with Crippen LogP contribution in [0.5, 0.6) is 5.75 Å². The molecule has 4 heteroatoms. The average molecular weight is 271 g/mol. The van der Waals surface area contributed by atoms with Gasteiger partial charge in [0.2, 0.25) is 0 Å². The van der Waals surface area contributed by atoms with E-state index in [0.717, 1.165) is 30.9 Å². The molecule has 4 nitrogen and oxygen atoms in total. The summed E-state index contributed by atoms with van der Waals surface area (Å²) in [5.74, 6) is 0.858. The summed E-state index contributed by atoms with van der Waals surface area (Å²) in [6.45, 7) is 7.11. The Bertz CT molecular complexity index is 470. The molecule has 106 valence electrons. The predicted octanol–water partition coefficient (Wildman–Crippen LogP) is 2.61. The summed E-state index contributed by atoms with van der Waals surface area (Å²) in [6, 6.07) is 12.0. The maximum Gasteiger partial charge on any atom is 0.119 e. The van der Waals surface area contributed by atoms with Crippen LogP contribution in [0.4, 0.5) is 0 Å². The van der Waals surface area contributed by atoms with E-state index < -0.39 is 0 Å². The molecule has 0 aromatic heterocycles. The second-order valence-electron chi connectivity index (χ2n) is 4.75. The fraction of sp³-hybridized carbons (Fsp3) is 0.500. The van der Waals surface area contributed by atoms with E-state index in [9.17, 15) is 0 Å². The second-order valence-corrected chi connectivity index (χ2v) is 4.75. The summed E-state index contributed by atoms with van der Waals surface area (Å²) in [6.07, 6.45) is 0.427. The SMILES string of the molecule is CCN(CCOc1ccc(CC#N)cc1)CC(C)C#N. The zero-order valence-electron chi connectivity index (χ0n) is 12.2. The summed E-state index contributed by atoms with van der Waals surface area (Å²) in [7, 11) is 0. The van der Waals surface area contributed by atoms with E-state index in [2.05, 4.69) is 24.0 Å². The molecule has 0 aliphatic heterocycles. The summed E-state index contributed by atoms with van der Waals surface area (Å²) < 4.78 is 5.68. The zero-order chi connectivity index (χ0) is 14.8. The van der Waals surface area contributed by atoms with Crippen LogP contribution in [0, 0.1) is 28.6 Å². The summed E-state index contributed by atoms with van der Waals surface area (Å²) in [5, 5.41) is 17.4. The predicted molar refractivity (Wildman–Crippen MR) is 78.1 cm³/mol. The maximum absolute atomic E-state index is 8.82. The van der Waals surface area contributed by atoms with Gasteiger partial charge in [0, 0.05) is 13.1 Å². The lowest BCUT2D eigenvalue weighted by atomic mass is 10.2. The molecule has 1 aromatic carbocycles. The van der Waals surface area contributed by atoms with Gasteiger partial charge >= 0.3 is 0 Å². The van der Waals surface area contributed by atoms with Crippen LogP contribution >= 0.6 is 0 Å². The first-order valence-electron chi connectivity index (χ1n) is 6.90. The standard InChI is InChI=1S/C16H21N3O/c1-3-19(13-14(2)12-18)10-11-20-16-6-4-15(5-7-16)8-9-17/h4-7,14H,3,8,10-11,13H2,1-2H3. The molecule has 1 aromatic rings. The van der Waals surface area contributed by atoms with E-state index in [4.69, 9.17) is 15.3 Å². The Labute approximate surface area is 121 Å². The van der Waals surface area contributed by atoms with E-state index in [1.165, 1.54) is 0 Å². The Balaban J connectivity index is 2.35. The molecule has 0 saturated heterocycles. The first kappa shape index (κ1) is 16.0. The van der Waals surface area contributed by atoms with Crippen molar-refractivity contribution >= 4 is 0 Å². The Morgan fingerprint density at radius 1 is 1.25 bits per heavy atom. The van der Waals surface area contributed by atoms with E-state index in [0.29, 0.717) is 13.0 Å². The molecule has 0 saturated carbocycles. The van der Waals surface area contributed by atoms with Gasteiger partial charge in [0.15, 0.2) is 0 Å². The Kier molecular flexibility index (Phi) is 7.17. The molecular weight excluding hydrogens is 250 g/mol. The Morgan fingerprint density at radius 3 is 2.50 bits per heavy atom. The highest BCUT2D eigenvalue weighted by atomic mass is 16.5. The Morgan fingerprint density at radius 2 is 1.95 bits per heavy atom. The fourth-order valence-electron chi connectivity index (χ4n) is 1.89. The van der Waals surface area contributed by atoms with Gasteiger partial charge in [-0.3, -0.25) is 4.90 Å². The zero-order valence-corrected chi connectivity index (χ0v) is 12.2. The van der Waals surface area contributed by atoms with Crippen LogP contribution in [0.3, 0.4) is 0 Å². The minimum Gasteiger partial charge on any atom is -0.492 e. The van der Waals surface area contributed by atoms with Crippen molar-refractivity contribution in [1.82, 2.24) is 4.90 Å². The molecule has 20 heavy (non-hydrogen) atoms. The third-order valence-electron chi connectivity index (χ3n) is 3.08. The molecule has 0 N–H and O–H groups in total. The van der Waals surface area contributed by atoms with E-state index in [-0.39, 0.29) is 5.92 Å². The van der Waals surface area contributed by atoms with Crippen molar-refractivity contribution in [1.29, 1.82) is 10.5 Å². The van der Waals surface area contributed by atoms with Gasteiger partial charge in [0.05, 0.1) is 24.5 Å². The normalized spacial score (nSPS) is 11.7. The van der Waals surface area contributed by atoms with Crippen molar-refractivity contribution in [3.05, 3.63) is 29.8 Å². The van der Waals surface area contributed by atoms with Gasteiger partial charge in [0.1, 0.15) is 12.4 Å². The van der Waals surface area contributed by atoms with E-state index in [1.54, 1.807) is 0 Å². The molecule has 1 unspecified atom stereocenters. The molecular formula is C16H21N3O. The number of hydrogen-bond acceptors (Lipinski definition) is 4. The third-order valence-corrected chi connectivity index (χ3v) is 3.08. The maximum atomic E-state index is 8.82. The van der Waals surface area contributed by atoms with Crippen LogP contribution in [-0.4, -0.2) is 31.1 Å². The van der Waals surface area contributed by atoms with Gasteiger partial charge in [-0.1, -0.05) is 19.1 Å². The highest BCUT2D eigenvalue weighted by Crippen LogP contribution is 2.12. The first-order valence-corrected chi connectivity index (χ1v) is 6.90. The van der Waals surface area contributed by atoms with E-state index in [1.807, 2.05) is 31.2 Å². The van der Waals surface area contributed by atoms with Crippen LogP contribution in [0.2, 0.25) is 0 Å². The number of benzene rings is 1. The smallest absolute Gasteiger partial charge is 0.119 e. The number of likely N-dealkylation sites (N-methyl/N-ethyl adjacent to an activating group) is 1. The van der Waals surface area contributed by atoms with Crippen molar-refractivity contribution in [2.45, 2.75) is 20.3 Å². The second kappa shape index (κ2) is 8.96. The van der Waals surface area contributed by atoms with Gasteiger partial charge in [-0.2, -0.15) is 10.5 Å². The summed E-state index contributed by atoms with van der Waals surface area (Å²) in [5.41, 5.74) is 0.998. The highest BCUT2D eigenvalue weighted by Gasteiger charge is 2.07. The van der Waals surface area contributed by atoms with Gasteiger partial charge in [-0.05, 0) is 31.2 Å². The van der Waals surface area contributed by atoms with Gasteiger partial charge in [0.25, 0.3) is 0 Å². The number of rotatable bonds is 8. The molecule has 0 radical (unpaired) electrons. The molecule has 0 bridgehead atoms. The van der Waals surface area contributed by atoms with Gasteiger partial charge in [-0.15, -0.1) is 0 Å². The lowest BCUT2D eigenvalue weighted by molar-refractivity contribution is 0.206. The van der Waals surface area contributed by atoms with Crippen molar-refractivity contribution in [2.75, 3.05) is 26.2 Å². The highest BCUT2D eigenvalue weighted by molar-refractivity contribution is 5.28. The van der Waals surface area contributed by atoms with Crippen LogP contribution < -0.4 is 4.74 Å². The van der Waals surface area contributed by atoms with Crippen LogP contribution in [-0.2, 0) is 6.42 Å². The largest absolute Gasteiger partial charge is 0.492 e. The van der Waals surface area contributed by atoms with Crippen LogP contribution in [0.25, 0.3) is 0 Å². The molecule has 0 aliphatic carbocycles. The third kappa shape index (κ3) is 5.73. The Hall–Kier alpha value is -2.04. The fourth-order valence-corrected chi connectivity index (χ4v) is 1.89. The molecule has 0 spiro atoms. The first-order chi connectivity index (χ1) is 9.69. The monoisotopic (exact) mass is 271 g/mol. The minimum atomic E-state index is 0.0419. The number of hydrogen-bond donors (Lipinski definition) is 0.